The molecular weight excluding hydrogens is 192 g/mol. The minimum atomic E-state index is -0.516. The molecule has 4 nitrogen and oxygen atoms in total. The summed E-state index contributed by atoms with van der Waals surface area (Å²) in [5.41, 5.74) is 5.07. The molecule has 2 unspecified atom stereocenters. The number of nitrogens with two attached hydrogens (primary N) is 1. The summed E-state index contributed by atoms with van der Waals surface area (Å²) < 4.78 is 0. The van der Waals surface area contributed by atoms with Gasteiger partial charge in [0.1, 0.15) is 0 Å². The number of likely N-dealkylation sites (tertiary alicyclic amines) is 1. The molecule has 1 amide bonds. The molecular formula is C11H22N2O2. The van der Waals surface area contributed by atoms with Crippen LogP contribution in [0, 0.1) is 11.3 Å². The van der Waals surface area contributed by atoms with Crippen molar-refractivity contribution in [3.05, 3.63) is 0 Å². The lowest BCUT2D eigenvalue weighted by Crippen LogP contribution is -2.48. The molecule has 0 aromatic rings. The van der Waals surface area contributed by atoms with Crippen LogP contribution in [0.1, 0.15) is 27.2 Å². The van der Waals surface area contributed by atoms with Crippen molar-refractivity contribution in [1.82, 2.24) is 4.90 Å². The van der Waals surface area contributed by atoms with Gasteiger partial charge >= 0.3 is 0 Å². The third-order valence-corrected chi connectivity index (χ3v) is 3.42. The number of nitrogens with zero attached hydrogens (tertiary/aromatic N) is 1. The fourth-order valence-electron chi connectivity index (χ4n) is 2.01. The van der Waals surface area contributed by atoms with Gasteiger partial charge < -0.3 is 15.7 Å². The fraction of sp³-hybridized carbons (Fsp3) is 0.909. The van der Waals surface area contributed by atoms with E-state index < -0.39 is 5.41 Å². The highest BCUT2D eigenvalue weighted by atomic mass is 16.3. The first-order valence-corrected chi connectivity index (χ1v) is 5.56. The molecule has 1 rings (SSSR count). The summed E-state index contributed by atoms with van der Waals surface area (Å²) in [6, 6.07) is -0.0247. The van der Waals surface area contributed by atoms with Crippen molar-refractivity contribution in [3.63, 3.8) is 0 Å². The molecule has 1 heterocycles. The number of carbonyl (C=O) groups excluding carboxylic acids is 1. The van der Waals surface area contributed by atoms with Crippen LogP contribution in [0.5, 0.6) is 0 Å². The van der Waals surface area contributed by atoms with Crippen LogP contribution in [0.3, 0.4) is 0 Å². The van der Waals surface area contributed by atoms with Crippen molar-refractivity contribution >= 4 is 5.91 Å². The van der Waals surface area contributed by atoms with Gasteiger partial charge in [0, 0.05) is 13.1 Å². The van der Waals surface area contributed by atoms with Crippen molar-refractivity contribution < 1.29 is 9.90 Å². The average Bonchev–Trinajstić information content (AvgIpc) is 2.58. The summed E-state index contributed by atoms with van der Waals surface area (Å²) in [7, 11) is 0. The number of aliphatic hydroxyl groups excluding tert-OH is 1. The summed E-state index contributed by atoms with van der Waals surface area (Å²) >= 11 is 0. The monoisotopic (exact) mass is 214 g/mol. The molecule has 1 saturated heterocycles. The van der Waals surface area contributed by atoms with Crippen LogP contribution in [-0.2, 0) is 4.79 Å². The molecule has 4 heteroatoms. The summed E-state index contributed by atoms with van der Waals surface area (Å²) in [4.78, 5) is 13.9. The third kappa shape index (κ3) is 2.32. The molecule has 3 N–H and O–H groups in total. The van der Waals surface area contributed by atoms with Crippen molar-refractivity contribution in [1.29, 1.82) is 0 Å². The summed E-state index contributed by atoms with van der Waals surface area (Å²) in [6.07, 6.45) is 0.970. The van der Waals surface area contributed by atoms with Crippen molar-refractivity contribution in [2.24, 2.45) is 17.1 Å². The second kappa shape index (κ2) is 4.49. The van der Waals surface area contributed by atoms with Gasteiger partial charge in [0.15, 0.2) is 0 Å². The van der Waals surface area contributed by atoms with E-state index in [9.17, 15) is 9.90 Å². The summed E-state index contributed by atoms with van der Waals surface area (Å²) in [5.74, 6) is 0.445. The predicted molar refractivity (Wildman–Crippen MR) is 59.2 cm³/mol. The molecule has 0 radical (unpaired) electrons. The molecule has 1 fully saturated rings. The zero-order chi connectivity index (χ0) is 11.6. The van der Waals surface area contributed by atoms with Crippen molar-refractivity contribution in [3.8, 4) is 0 Å². The Hall–Kier alpha value is -0.610. The van der Waals surface area contributed by atoms with E-state index in [0.29, 0.717) is 12.5 Å². The van der Waals surface area contributed by atoms with E-state index in [4.69, 9.17) is 5.73 Å². The maximum absolute atomic E-state index is 12.1. The Morgan fingerprint density at radius 2 is 2.20 bits per heavy atom. The molecule has 15 heavy (non-hydrogen) atoms. The quantitative estimate of drug-likeness (QED) is 0.705. The first kappa shape index (κ1) is 12.5. The van der Waals surface area contributed by atoms with E-state index in [1.54, 1.807) is 4.90 Å². The lowest BCUT2D eigenvalue weighted by atomic mass is 9.91. The van der Waals surface area contributed by atoms with Gasteiger partial charge in [-0.05, 0) is 26.2 Å². The van der Waals surface area contributed by atoms with E-state index in [0.717, 1.165) is 13.0 Å². The number of rotatable bonds is 3. The van der Waals surface area contributed by atoms with Gasteiger partial charge in [-0.25, -0.2) is 0 Å². The van der Waals surface area contributed by atoms with Crippen molar-refractivity contribution in [2.75, 3.05) is 19.7 Å². The van der Waals surface area contributed by atoms with Crippen LogP contribution in [0.25, 0.3) is 0 Å². The van der Waals surface area contributed by atoms with Gasteiger partial charge in [-0.15, -0.1) is 0 Å². The van der Waals surface area contributed by atoms with Gasteiger partial charge in [0.05, 0.1) is 18.1 Å². The SMILES string of the molecule is CC1CCN(C(=O)C(C)(C)CN)C1CO. The highest BCUT2D eigenvalue weighted by Gasteiger charge is 2.39. The first-order chi connectivity index (χ1) is 6.94. The lowest BCUT2D eigenvalue weighted by Gasteiger charge is -2.32. The predicted octanol–water partition coefficient (Wildman–Crippen LogP) is 0.201. The second-order valence-corrected chi connectivity index (χ2v) is 5.10. The molecule has 0 saturated carbocycles. The lowest BCUT2D eigenvalue weighted by molar-refractivity contribution is -0.141. The fourth-order valence-corrected chi connectivity index (χ4v) is 2.01. The number of carbonyl (C=O) groups is 1. The Labute approximate surface area is 91.4 Å². The minimum Gasteiger partial charge on any atom is -0.394 e. The molecule has 0 spiro atoms. The zero-order valence-electron chi connectivity index (χ0n) is 9.86. The largest absolute Gasteiger partial charge is 0.394 e. The topological polar surface area (TPSA) is 66.6 Å². The van der Waals surface area contributed by atoms with Crippen LogP contribution < -0.4 is 5.73 Å². The van der Waals surface area contributed by atoms with Gasteiger partial charge in [-0.1, -0.05) is 6.92 Å². The standard InChI is InChI=1S/C11H22N2O2/c1-8-4-5-13(9(8)6-14)10(15)11(2,3)7-12/h8-9,14H,4-7,12H2,1-3H3. The van der Waals surface area contributed by atoms with Crippen LogP contribution in [0.15, 0.2) is 0 Å². The molecule has 0 bridgehead atoms. The second-order valence-electron chi connectivity index (χ2n) is 5.10. The van der Waals surface area contributed by atoms with E-state index >= 15 is 0 Å². The minimum absolute atomic E-state index is 0.0247. The van der Waals surface area contributed by atoms with Crippen LogP contribution >= 0.6 is 0 Å². The van der Waals surface area contributed by atoms with Crippen LogP contribution in [0.2, 0.25) is 0 Å². The number of amides is 1. The Bertz CT molecular complexity index is 241. The van der Waals surface area contributed by atoms with E-state index in [1.807, 2.05) is 13.8 Å². The molecule has 1 aliphatic heterocycles. The van der Waals surface area contributed by atoms with Gasteiger partial charge in [-0.2, -0.15) is 0 Å². The first-order valence-electron chi connectivity index (χ1n) is 5.56. The third-order valence-electron chi connectivity index (χ3n) is 3.42. The highest BCUT2D eigenvalue weighted by molar-refractivity contribution is 5.82. The Morgan fingerprint density at radius 3 is 2.67 bits per heavy atom. The van der Waals surface area contributed by atoms with E-state index in [-0.39, 0.29) is 18.6 Å². The molecule has 1 aliphatic rings. The number of aliphatic hydroxyl groups is 1. The smallest absolute Gasteiger partial charge is 0.229 e. The zero-order valence-corrected chi connectivity index (χ0v) is 9.86. The van der Waals surface area contributed by atoms with Crippen LogP contribution in [0.4, 0.5) is 0 Å². The Morgan fingerprint density at radius 1 is 1.60 bits per heavy atom. The van der Waals surface area contributed by atoms with Gasteiger partial charge in [-0.3, -0.25) is 4.79 Å². The molecule has 2 atom stereocenters. The molecule has 0 aliphatic carbocycles. The van der Waals surface area contributed by atoms with Gasteiger partial charge in [0.2, 0.25) is 5.91 Å². The highest BCUT2D eigenvalue weighted by Crippen LogP contribution is 2.28. The van der Waals surface area contributed by atoms with Crippen molar-refractivity contribution in [2.45, 2.75) is 33.2 Å². The molecule has 88 valence electrons. The Kier molecular flexibility index (Phi) is 3.73. The Balaban J connectivity index is 2.76. The summed E-state index contributed by atoms with van der Waals surface area (Å²) in [6.45, 7) is 6.92. The van der Waals surface area contributed by atoms with Crippen LogP contribution in [-0.4, -0.2) is 41.7 Å². The number of hydrogen-bond donors (Lipinski definition) is 2. The number of hydrogen-bond acceptors (Lipinski definition) is 3. The van der Waals surface area contributed by atoms with E-state index in [2.05, 4.69) is 6.92 Å². The normalized spacial score (nSPS) is 27.1. The maximum atomic E-state index is 12.1. The molecule has 0 aromatic heterocycles. The van der Waals surface area contributed by atoms with E-state index in [1.165, 1.54) is 0 Å². The average molecular weight is 214 g/mol. The summed E-state index contributed by atoms with van der Waals surface area (Å²) in [5, 5.41) is 9.27. The van der Waals surface area contributed by atoms with Gasteiger partial charge in [0.25, 0.3) is 0 Å². The maximum Gasteiger partial charge on any atom is 0.229 e. The molecule has 0 aromatic carbocycles.